The van der Waals surface area contributed by atoms with Gasteiger partial charge in [-0.25, -0.2) is 4.79 Å². The second-order valence-electron chi connectivity index (χ2n) is 4.31. The Hall–Kier alpha value is -1.48. The van der Waals surface area contributed by atoms with Crippen LogP contribution in [0.1, 0.15) is 11.8 Å². The van der Waals surface area contributed by atoms with Crippen LogP contribution in [0.4, 0.5) is 5.82 Å². The molecule has 1 aliphatic heterocycles. The summed E-state index contributed by atoms with van der Waals surface area (Å²) in [5.74, 6) is 0.141. The van der Waals surface area contributed by atoms with E-state index in [0.29, 0.717) is 5.56 Å². The lowest BCUT2D eigenvalue weighted by atomic mass is 10.1. The van der Waals surface area contributed by atoms with Gasteiger partial charge in [0.05, 0.1) is 12.6 Å². The normalized spacial score (nSPS) is 31.8. The maximum absolute atomic E-state index is 11.7. The van der Waals surface area contributed by atoms with Gasteiger partial charge in [0.25, 0.3) is 0 Å². The maximum Gasteiger partial charge on any atom is 0.351 e. The highest BCUT2D eigenvalue weighted by atomic mass is 16.5. The van der Waals surface area contributed by atoms with Crippen molar-refractivity contribution in [2.24, 2.45) is 5.73 Å². The number of aliphatic hydroxyl groups is 2. The number of rotatable bonds is 2. The molecule has 2 rings (SSSR count). The molecule has 0 amide bonds. The first-order valence-corrected chi connectivity index (χ1v) is 5.51. The fraction of sp³-hybridized carbons (Fsp3) is 0.600. The quantitative estimate of drug-likeness (QED) is 0.467. The van der Waals surface area contributed by atoms with Crippen LogP contribution in [0.2, 0.25) is 0 Å². The lowest BCUT2D eigenvalue weighted by Gasteiger charge is -2.18. The minimum Gasteiger partial charge on any atom is -0.394 e. The first-order chi connectivity index (χ1) is 8.45. The van der Waals surface area contributed by atoms with Crippen LogP contribution >= 0.6 is 0 Å². The SMILES string of the molecule is Cc1cn([C@@H]2O[C@H](CO)[C@H](O)[C@@H]2N)c(=O)nc1N. The van der Waals surface area contributed by atoms with Crippen molar-refractivity contribution in [2.75, 3.05) is 12.3 Å². The molecule has 1 aliphatic rings. The van der Waals surface area contributed by atoms with Gasteiger partial charge in [0, 0.05) is 11.8 Å². The predicted molar refractivity (Wildman–Crippen MR) is 62.6 cm³/mol. The molecule has 1 aromatic rings. The monoisotopic (exact) mass is 256 g/mol. The Balaban J connectivity index is 2.39. The zero-order chi connectivity index (χ0) is 13.4. The van der Waals surface area contributed by atoms with Crippen molar-refractivity contribution in [3.8, 4) is 0 Å². The average Bonchev–Trinajstić information content (AvgIpc) is 2.61. The maximum atomic E-state index is 11.7. The molecule has 8 heteroatoms. The van der Waals surface area contributed by atoms with E-state index in [0.717, 1.165) is 0 Å². The number of nitrogen functional groups attached to an aromatic ring is 1. The van der Waals surface area contributed by atoms with Gasteiger partial charge in [-0.2, -0.15) is 4.98 Å². The highest BCUT2D eigenvalue weighted by Crippen LogP contribution is 2.26. The van der Waals surface area contributed by atoms with E-state index in [4.69, 9.17) is 21.3 Å². The molecule has 0 saturated carbocycles. The fourth-order valence-electron chi connectivity index (χ4n) is 1.93. The number of anilines is 1. The van der Waals surface area contributed by atoms with Crippen molar-refractivity contribution < 1.29 is 14.9 Å². The molecular weight excluding hydrogens is 240 g/mol. The minimum absolute atomic E-state index is 0.141. The third-order valence-electron chi connectivity index (χ3n) is 3.05. The van der Waals surface area contributed by atoms with E-state index >= 15 is 0 Å². The summed E-state index contributed by atoms with van der Waals surface area (Å²) >= 11 is 0. The van der Waals surface area contributed by atoms with Crippen molar-refractivity contribution in [1.29, 1.82) is 0 Å². The molecule has 0 aromatic carbocycles. The highest BCUT2D eigenvalue weighted by Gasteiger charge is 2.42. The standard InChI is InChI=1S/C10H16N4O4/c1-4-2-14(10(17)13-8(4)12)9-6(11)7(16)5(3-15)18-9/h2,5-7,9,15-16H,3,11H2,1H3,(H2,12,13,17)/t5-,6+,7+,9-/m1/s1. The Morgan fingerprint density at radius 3 is 2.83 bits per heavy atom. The topological polar surface area (TPSA) is 137 Å². The molecule has 0 unspecified atom stereocenters. The number of nitrogens with zero attached hydrogens (tertiary/aromatic N) is 2. The van der Waals surface area contributed by atoms with Gasteiger partial charge in [0.1, 0.15) is 18.0 Å². The van der Waals surface area contributed by atoms with Crippen molar-refractivity contribution in [2.45, 2.75) is 31.4 Å². The van der Waals surface area contributed by atoms with Gasteiger partial charge in [0.2, 0.25) is 0 Å². The Bertz CT molecular complexity index is 503. The average molecular weight is 256 g/mol. The van der Waals surface area contributed by atoms with Gasteiger partial charge in [-0.3, -0.25) is 4.57 Å². The number of aliphatic hydroxyl groups excluding tert-OH is 2. The van der Waals surface area contributed by atoms with Gasteiger partial charge in [-0.15, -0.1) is 0 Å². The summed E-state index contributed by atoms with van der Waals surface area (Å²) in [5.41, 5.74) is 11.3. The second kappa shape index (κ2) is 4.65. The molecule has 100 valence electrons. The third-order valence-corrected chi connectivity index (χ3v) is 3.05. The molecule has 1 saturated heterocycles. The molecule has 18 heavy (non-hydrogen) atoms. The zero-order valence-electron chi connectivity index (χ0n) is 9.85. The van der Waals surface area contributed by atoms with Gasteiger partial charge in [0.15, 0.2) is 6.23 Å². The molecule has 6 N–H and O–H groups in total. The first kappa shape index (κ1) is 13.0. The predicted octanol–water partition coefficient (Wildman–Crippen LogP) is -2.29. The fourth-order valence-corrected chi connectivity index (χ4v) is 1.93. The number of aromatic nitrogens is 2. The third kappa shape index (κ3) is 1.99. The van der Waals surface area contributed by atoms with Crippen molar-refractivity contribution in [3.05, 3.63) is 22.2 Å². The van der Waals surface area contributed by atoms with E-state index in [1.165, 1.54) is 10.8 Å². The van der Waals surface area contributed by atoms with E-state index < -0.39 is 30.2 Å². The van der Waals surface area contributed by atoms with Crippen LogP contribution in [0.25, 0.3) is 0 Å². The molecule has 4 atom stereocenters. The molecule has 1 fully saturated rings. The number of nitrogens with two attached hydrogens (primary N) is 2. The number of ether oxygens (including phenoxy) is 1. The van der Waals surface area contributed by atoms with Crippen molar-refractivity contribution >= 4 is 5.82 Å². The van der Waals surface area contributed by atoms with Crippen LogP contribution < -0.4 is 17.2 Å². The zero-order valence-corrected chi connectivity index (χ0v) is 9.85. The largest absolute Gasteiger partial charge is 0.394 e. The van der Waals surface area contributed by atoms with Gasteiger partial charge >= 0.3 is 5.69 Å². The molecule has 0 radical (unpaired) electrons. The van der Waals surface area contributed by atoms with E-state index in [-0.39, 0.29) is 12.4 Å². The van der Waals surface area contributed by atoms with Gasteiger partial charge in [-0.1, -0.05) is 0 Å². The second-order valence-corrected chi connectivity index (χ2v) is 4.31. The van der Waals surface area contributed by atoms with Crippen LogP contribution in [-0.2, 0) is 4.74 Å². The molecular formula is C10H16N4O4. The molecule has 0 spiro atoms. The summed E-state index contributed by atoms with van der Waals surface area (Å²) < 4.78 is 6.53. The lowest BCUT2D eigenvalue weighted by Crippen LogP contribution is -2.42. The van der Waals surface area contributed by atoms with E-state index in [1.54, 1.807) is 6.92 Å². The first-order valence-electron chi connectivity index (χ1n) is 5.51. The summed E-state index contributed by atoms with van der Waals surface area (Å²) in [6, 6.07) is -0.815. The Kier molecular flexibility index (Phi) is 3.35. The number of aryl methyl sites for hydroxylation is 1. The van der Waals surface area contributed by atoms with Gasteiger partial charge < -0.3 is 26.4 Å². The molecule has 0 bridgehead atoms. The highest BCUT2D eigenvalue weighted by molar-refractivity contribution is 5.35. The van der Waals surface area contributed by atoms with Crippen LogP contribution in [0.15, 0.2) is 11.0 Å². The molecule has 8 nitrogen and oxygen atoms in total. The summed E-state index contributed by atoms with van der Waals surface area (Å²) in [5, 5.41) is 18.8. The summed E-state index contributed by atoms with van der Waals surface area (Å²) in [6.07, 6.45) is -1.24. The van der Waals surface area contributed by atoms with Crippen molar-refractivity contribution in [3.63, 3.8) is 0 Å². The van der Waals surface area contributed by atoms with Gasteiger partial charge in [-0.05, 0) is 6.92 Å². The molecule has 2 heterocycles. The van der Waals surface area contributed by atoms with E-state index in [2.05, 4.69) is 4.98 Å². The van der Waals surface area contributed by atoms with Crippen LogP contribution in [-0.4, -0.2) is 44.6 Å². The molecule has 0 aliphatic carbocycles. The number of hydrogen-bond donors (Lipinski definition) is 4. The van der Waals surface area contributed by atoms with E-state index in [9.17, 15) is 9.90 Å². The van der Waals surface area contributed by atoms with Crippen LogP contribution in [0.3, 0.4) is 0 Å². The Morgan fingerprint density at radius 2 is 2.28 bits per heavy atom. The molecule has 1 aromatic heterocycles. The Morgan fingerprint density at radius 1 is 1.61 bits per heavy atom. The minimum atomic E-state index is -1.04. The number of hydrogen-bond acceptors (Lipinski definition) is 7. The van der Waals surface area contributed by atoms with E-state index in [1.807, 2.05) is 0 Å². The van der Waals surface area contributed by atoms with Crippen LogP contribution in [0, 0.1) is 6.92 Å². The Labute approximate surface area is 103 Å². The van der Waals surface area contributed by atoms with Crippen molar-refractivity contribution in [1.82, 2.24) is 9.55 Å². The summed E-state index contributed by atoms with van der Waals surface area (Å²) in [7, 11) is 0. The smallest absolute Gasteiger partial charge is 0.351 e. The van der Waals surface area contributed by atoms with Crippen LogP contribution in [0.5, 0.6) is 0 Å². The lowest BCUT2D eigenvalue weighted by molar-refractivity contribution is -0.0464. The summed E-state index contributed by atoms with van der Waals surface area (Å²) in [6.45, 7) is 1.32. The summed E-state index contributed by atoms with van der Waals surface area (Å²) in [4.78, 5) is 15.4.